The number of hydrogen-bond donors (Lipinski definition) is 1. The van der Waals surface area contributed by atoms with E-state index in [1.54, 1.807) is 25.6 Å². The molecule has 0 radical (unpaired) electrons. The van der Waals surface area contributed by atoms with E-state index in [0.29, 0.717) is 24.3 Å². The Morgan fingerprint density at radius 1 is 1.22 bits per heavy atom. The number of benzene rings is 1. The molecule has 2 aromatic rings. The summed E-state index contributed by atoms with van der Waals surface area (Å²) in [5, 5.41) is 9.32. The smallest absolute Gasteiger partial charge is 0.306 e. The highest BCUT2D eigenvalue weighted by Gasteiger charge is 2.32. The number of ether oxygens (including phenoxy) is 2. The molecule has 1 fully saturated rings. The third-order valence-corrected chi connectivity index (χ3v) is 6.81. The zero-order chi connectivity index (χ0) is 19.6. The second-order valence-electron chi connectivity index (χ2n) is 6.73. The van der Waals surface area contributed by atoms with Gasteiger partial charge >= 0.3 is 5.97 Å². The van der Waals surface area contributed by atoms with E-state index in [0.717, 1.165) is 23.1 Å². The van der Waals surface area contributed by atoms with E-state index < -0.39 is 5.97 Å². The predicted molar refractivity (Wildman–Crippen MR) is 110 cm³/mol. The van der Waals surface area contributed by atoms with Crippen molar-refractivity contribution < 1.29 is 19.4 Å². The highest BCUT2D eigenvalue weighted by atomic mass is 79.9. The first kappa shape index (κ1) is 20.2. The van der Waals surface area contributed by atoms with E-state index in [4.69, 9.17) is 9.47 Å². The minimum absolute atomic E-state index is 0.0487. The van der Waals surface area contributed by atoms with Crippen LogP contribution >= 0.6 is 27.3 Å². The first-order valence-electron chi connectivity index (χ1n) is 8.89. The van der Waals surface area contributed by atoms with Crippen molar-refractivity contribution in [3.8, 4) is 11.5 Å². The summed E-state index contributed by atoms with van der Waals surface area (Å²) in [5.74, 6) is 0.430. The molecule has 1 N–H and O–H groups in total. The third kappa shape index (κ3) is 4.31. The molecule has 3 rings (SSSR count). The summed E-state index contributed by atoms with van der Waals surface area (Å²) < 4.78 is 11.9. The lowest BCUT2D eigenvalue weighted by molar-refractivity contribution is -0.143. The summed E-state index contributed by atoms with van der Waals surface area (Å²) >= 11 is 5.48. The van der Waals surface area contributed by atoms with Gasteiger partial charge in [0.05, 0.1) is 26.2 Å². The minimum atomic E-state index is -0.689. The lowest BCUT2D eigenvalue weighted by Gasteiger charge is -2.37. The second kappa shape index (κ2) is 8.63. The van der Waals surface area contributed by atoms with Gasteiger partial charge in [-0.05, 0) is 62.7 Å². The Bertz CT molecular complexity index is 814. The zero-order valence-electron chi connectivity index (χ0n) is 15.7. The lowest BCUT2D eigenvalue weighted by Crippen LogP contribution is -2.39. The van der Waals surface area contributed by atoms with Gasteiger partial charge in [-0.2, -0.15) is 0 Å². The summed E-state index contributed by atoms with van der Waals surface area (Å²) in [7, 11) is 3.26. The van der Waals surface area contributed by atoms with Crippen molar-refractivity contribution in [2.45, 2.75) is 25.8 Å². The van der Waals surface area contributed by atoms with Crippen LogP contribution in [0.3, 0.4) is 0 Å². The molecule has 2 heterocycles. The molecule has 146 valence electrons. The van der Waals surface area contributed by atoms with Crippen molar-refractivity contribution >= 4 is 33.2 Å². The zero-order valence-corrected chi connectivity index (χ0v) is 18.1. The molecule has 0 saturated carbocycles. The van der Waals surface area contributed by atoms with Gasteiger partial charge in [0, 0.05) is 14.2 Å². The molecule has 1 saturated heterocycles. The third-order valence-electron chi connectivity index (χ3n) is 5.07. The van der Waals surface area contributed by atoms with Crippen LogP contribution in [0, 0.1) is 12.8 Å². The molecule has 1 aromatic carbocycles. The summed E-state index contributed by atoms with van der Waals surface area (Å²) in [6, 6.07) is 8.30. The molecule has 1 atom stereocenters. The van der Waals surface area contributed by atoms with Gasteiger partial charge in [0.1, 0.15) is 0 Å². The molecule has 7 heteroatoms. The number of hydrogen-bond acceptors (Lipinski definition) is 5. The Morgan fingerprint density at radius 3 is 2.37 bits per heavy atom. The Kier molecular flexibility index (Phi) is 6.44. The molecular formula is C20H24BrNO4S. The number of methoxy groups -OCH3 is 2. The molecule has 0 spiro atoms. The Labute approximate surface area is 172 Å². The number of carboxylic acid groups (broad SMARTS) is 1. The average Bonchev–Trinajstić information content (AvgIpc) is 3.09. The van der Waals surface area contributed by atoms with Crippen LogP contribution < -0.4 is 9.47 Å². The number of rotatable bonds is 6. The maximum Gasteiger partial charge on any atom is 0.306 e. The molecule has 27 heavy (non-hydrogen) atoms. The SMILES string of the molecule is COc1cc(Br)c(C(c2ccc(C)s2)N2CCC(C(=O)O)CC2)cc1OC. The molecule has 5 nitrogen and oxygen atoms in total. The van der Waals surface area contributed by atoms with E-state index in [1.807, 2.05) is 12.1 Å². The normalized spacial score (nSPS) is 16.9. The van der Waals surface area contributed by atoms with Crippen LogP contribution in [0.25, 0.3) is 0 Å². The average molecular weight is 454 g/mol. The van der Waals surface area contributed by atoms with Crippen LogP contribution in [0.2, 0.25) is 0 Å². The molecule has 1 unspecified atom stereocenters. The molecule has 1 aromatic heterocycles. The topological polar surface area (TPSA) is 59.0 Å². The van der Waals surface area contributed by atoms with Crippen LogP contribution in [-0.2, 0) is 4.79 Å². The van der Waals surface area contributed by atoms with Crippen molar-refractivity contribution in [3.63, 3.8) is 0 Å². The highest BCUT2D eigenvalue weighted by molar-refractivity contribution is 9.10. The molecule has 0 bridgehead atoms. The van der Waals surface area contributed by atoms with Gasteiger partial charge in [-0.25, -0.2) is 0 Å². The van der Waals surface area contributed by atoms with Gasteiger partial charge < -0.3 is 14.6 Å². The standard InChI is InChI=1S/C20H24BrNO4S/c1-12-4-5-18(27-12)19(22-8-6-13(7-9-22)20(23)24)14-10-16(25-2)17(26-3)11-15(14)21/h4-5,10-11,13,19H,6-9H2,1-3H3,(H,23,24). The van der Waals surface area contributed by atoms with E-state index in [9.17, 15) is 9.90 Å². The van der Waals surface area contributed by atoms with Crippen molar-refractivity contribution in [3.05, 3.63) is 44.1 Å². The lowest BCUT2D eigenvalue weighted by atomic mass is 9.93. The predicted octanol–water partition coefficient (Wildman–Crippen LogP) is 4.72. The fourth-order valence-corrected chi connectivity index (χ4v) is 5.19. The fourth-order valence-electron chi connectivity index (χ4n) is 3.61. The van der Waals surface area contributed by atoms with Gasteiger partial charge in [-0.1, -0.05) is 15.9 Å². The molecular weight excluding hydrogens is 430 g/mol. The number of aliphatic carboxylic acids is 1. The Balaban J connectivity index is 2.00. The summed E-state index contributed by atoms with van der Waals surface area (Å²) in [4.78, 5) is 16.2. The maximum atomic E-state index is 11.3. The van der Waals surface area contributed by atoms with Crippen molar-refractivity contribution in [1.82, 2.24) is 4.90 Å². The minimum Gasteiger partial charge on any atom is -0.493 e. The molecule has 1 aliphatic heterocycles. The van der Waals surface area contributed by atoms with Crippen LogP contribution in [0.1, 0.15) is 34.2 Å². The first-order chi connectivity index (χ1) is 12.9. The monoisotopic (exact) mass is 453 g/mol. The summed E-state index contributed by atoms with van der Waals surface area (Å²) in [6.45, 7) is 3.60. The highest BCUT2D eigenvalue weighted by Crippen LogP contribution is 2.43. The van der Waals surface area contributed by atoms with E-state index >= 15 is 0 Å². The van der Waals surface area contributed by atoms with Crippen molar-refractivity contribution in [1.29, 1.82) is 0 Å². The number of likely N-dealkylation sites (tertiary alicyclic amines) is 1. The quantitative estimate of drug-likeness (QED) is 0.685. The van der Waals surface area contributed by atoms with Gasteiger partial charge in [-0.15, -0.1) is 11.3 Å². The molecule has 0 aliphatic carbocycles. The van der Waals surface area contributed by atoms with E-state index in [1.165, 1.54) is 9.75 Å². The number of halogens is 1. The maximum absolute atomic E-state index is 11.3. The number of nitrogens with zero attached hydrogens (tertiary/aromatic N) is 1. The van der Waals surface area contributed by atoms with Crippen molar-refractivity contribution in [2.24, 2.45) is 5.92 Å². The second-order valence-corrected chi connectivity index (χ2v) is 8.90. The Morgan fingerprint density at radius 2 is 1.85 bits per heavy atom. The molecule has 0 amide bonds. The van der Waals surface area contributed by atoms with Crippen LogP contribution in [-0.4, -0.2) is 43.3 Å². The first-order valence-corrected chi connectivity index (χ1v) is 10.5. The van der Waals surface area contributed by atoms with Gasteiger partial charge in [0.25, 0.3) is 0 Å². The van der Waals surface area contributed by atoms with Gasteiger partial charge in [-0.3, -0.25) is 9.69 Å². The van der Waals surface area contributed by atoms with Crippen LogP contribution in [0.4, 0.5) is 0 Å². The number of piperidine rings is 1. The van der Waals surface area contributed by atoms with Crippen LogP contribution in [0.15, 0.2) is 28.7 Å². The fraction of sp³-hybridized carbons (Fsp3) is 0.450. The summed E-state index contributed by atoms with van der Waals surface area (Å²) in [5.41, 5.74) is 1.10. The largest absolute Gasteiger partial charge is 0.493 e. The van der Waals surface area contributed by atoms with Gasteiger partial charge in [0.15, 0.2) is 11.5 Å². The van der Waals surface area contributed by atoms with Crippen LogP contribution in [0.5, 0.6) is 11.5 Å². The Hall–Kier alpha value is -1.57. The van der Waals surface area contributed by atoms with Crippen molar-refractivity contribution in [2.75, 3.05) is 27.3 Å². The number of carbonyl (C=O) groups is 1. The van der Waals surface area contributed by atoms with E-state index in [2.05, 4.69) is 39.9 Å². The molecule has 1 aliphatic rings. The van der Waals surface area contributed by atoms with Gasteiger partial charge in [0.2, 0.25) is 0 Å². The number of aryl methyl sites for hydroxylation is 1. The number of thiophene rings is 1. The van der Waals surface area contributed by atoms with E-state index in [-0.39, 0.29) is 12.0 Å². The number of carboxylic acids is 1. The summed E-state index contributed by atoms with van der Waals surface area (Å²) in [6.07, 6.45) is 1.34.